The lowest BCUT2D eigenvalue weighted by Gasteiger charge is -2.43. The second-order valence-corrected chi connectivity index (χ2v) is 12.6. The van der Waals surface area contributed by atoms with Crippen LogP contribution in [-0.4, -0.2) is 59.4 Å². The van der Waals surface area contributed by atoms with Gasteiger partial charge in [-0.2, -0.15) is 0 Å². The van der Waals surface area contributed by atoms with Gasteiger partial charge >= 0.3 is 12.2 Å². The number of alkyl carbamates (subject to hydrolysis) is 1. The first-order chi connectivity index (χ1) is 17.8. The van der Waals surface area contributed by atoms with E-state index in [1.807, 2.05) is 41.5 Å². The zero-order chi connectivity index (χ0) is 27.6. The molecule has 1 saturated heterocycles. The molecule has 0 bridgehead atoms. The molecule has 4 rings (SSSR count). The van der Waals surface area contributed by atoms with Crippen LogP contribution in [0.5, 0.6) is 0 Å². The number of ether oxygens (including phenoxy) is 2. The highest BCUT2D eigenvalue weighted by molar-refractivity contribution is 5.70. The minimum absolute atomic E-state index is 0.229. The van der Waals surface area contributed by atoms with Gasteiger partial charge in [-0.25, -0.2) is 9.59 Å². The molecule has 7 heteroatoms. The summed E-state index contributed by atoms with van der Waals surface area (Å²) >= 11 is 0. The maximum atomic E-state index is 12.5. The Bertz CT molecular complexity index is 1120. The third-order valence-electron chi connectivity index (χ3n) is 7.08. The molecule has 1 saturated carbocycles. The molecule has 0 spiro atoms. The Kier molecular flexibility index (Phi) is 8.07. The summed E-state index contributed by atoms with van der Waals surface area (Å²) < 4.78 is 11.0. The van der Waals surface area contributed by atoms with Crippen molar-refractivity contribution in [2.24, 2.45) is 0 Å². The monoisotopic (exact) mass is 521 g/mol. The van der Waals surface area contributed by atoms with Crippen LogP contribution in [0.25, 0.3) is 11.1 Å². The predicted octanol–water partition coefficient (Wildman–Crippen LogP) is 6.31. The average molecular weight is 522 g/mol. The number of carbonyl (C=O) groups excluding carboxylic acids is 2. The fourth-order valence-corrected chi connectivity index (χ4v) is 5.02. The largest absolute Gasteiger partial charge is 0.444 e. The van der Waals surface area contributed by atoms with Crippen LogP contribution in [-0.2, 0) is 21.6 Å². The second-order valence-electron chi connectivity index (χ2n) is 12.6. The minimum Gasteiger partial charge on any atom is -0.444 e. The van der Waals surface area contributed by atoms with Crippen molar-refractivity contribution in [1.29, 1.82) is 0 Å². The molecule has 7 nitrogen and oxygen atoms in total. The van der Waals surface area contributed by atoms with Crippen molar-refractivity contribution in [2.45, 2.75) is 84.1 Å². The van der Waals surface area contributed by atoms with E-state index in [0.29, 0.717) is 13.1 Å². The Morgan fingerprint density at radius 2 is 1.47 bits per heavy atom. The molecule has 1 aliphatic carbocycles. The zero-order valence-corrected chi connectivity index (χ0v) is 23.8. The third kappa shape index (κ3) is 7.28. The highest BCUT2D eigenvalue weighted by Crippen LogP contribution is 2.42. The molecule has 0 atom stereocenters. The number of carbonyl (C=O) groups is 2. The first kappa shape index (κ1) is 28.0. The van der Waals surface area contributed by atoms with Crippen LogP contribution in [0, 0.1) is 0 Å². The van der Waals surface area contributed by atoms with Crippen molar-refractivity contribution in [3.8, 4) is 11.1 Å². The highest BCUT2D eigenvalue weighted by atomic mass is 16.6. The topological polar surface area (TPSA) is 71.1 Å². The van der Waals surface area contributed by atoms with Crippen molar-refractivity contribution in [1.82, 2.24) is 15.1 Å². The summed E-state index contributed by atoms with van der Waals surface area (Å²) in [6, 6.07) is 17.2. The van der Waals surface area contributed by atoms with E-state index in [9.17, 15) is 9.59 Å². The maximum absolute atomic E-state index is 12.5. The molecule has 1 aliphatic heterocycles. The Morgan fingerprint density at radius 3 is 2.03 bits per heavy atom. The van der Waals surface area contributed by atoms with Gasteiger partial charge in [0.15, 0.2) is 0 Å². The van der Waals surface area contributed by atoms with Crippen molar-refractivity contribution in [3.63, 3.8) is 0 Å². The molecule has 206 valence electrons. The minimum atomic E-state index is -0.518. The summed E-state index contributed by atoms with van der Waals surface area (Å²) in [5.41, 5.74) is 3.36. The lowest BCUT2D eigenvalue weighted by molar-refractivity contribution is 0.0138. The lowest BCUT2D eigenvalue weighted by Crippen LogP contribution is -2.52. The summed E-state index contributed by atoms with van der Waals surface area (Å²) in [7, 11) is 0. The smallest absolute Gasteiger partial charge is 0.410 e. The molecule has 2 amide bonds. The molecule has 0 unspecified atom stereocenters. The number of hydrogen-bond acceptors (Lipinski definition) is 5. The molecule has 0 radical (unpaired) electrons. The Hall–Kier alpha value is -3.06. The molecule has 38 heavy (non-hydrogen) atoms. The number of hydrogen-bond donors (Lipinski definition) is 1. The number of piperazine rings is 1. The summed E-state index contributed by atoms with van der Waals surface area (Å²) in [6.45, 7) is 15.2. The first-order valence-corrected chi connectivity index (χ1v) is 13.7. The van der Waals surface area contributed by atoms with Gasteiger partial charge in [-0.3, -0.25) is 4.90 Å². The van der Waals surface area contributed by atoms with Gasteiger partial charge in [-0.1, -0.05) is 42.5 Å². The summed E-state index contributed by atoms with van der Waals surface area (Å²) in [5, 5.41) is 3.14. The Morgan fingerprint density at radius 1 is 0.842 bits per heavy atom. The molecule has 0 aromatic heterocycles. The van der Waals surface area contributed by atoms with Gasteiger partial charge < -0.3 is 19.7 Å². The van der Waals surface area contributed by atoms with Crippen molar-refractivity contribution in [2.75, 3.05) is 26.2 Å². The second kappa shape index (κ2) is 11.0. The predicted molar refractivity (Wildman–Crippen MR) is 150 cm³/mol. The van der Waals surface area contributed by atoms with Gasteiger partial charge in [0.2, 0.25) is 0 Å². The van der Waals surface area contributed by atoms with E-state index >= 15 is 0 Å². The fourth-order valence-electron chi connectivity index (χ4n) is 5.02. The Labute approximate surface area is 227 Å². The van der Waals surface area contributed by atoms with Crippen LogP contribution in [0.3, 0.4) is 0 Å². The summed E-state index contributed by atoms with van der Waals surface area (Å²) in [6.07, 6.45) is 2.34. The van der Waals surface area contributed by atoms with E-state index in [2.05, 4.69) is 58.7 Å². The number of nitrogens with one attached hydrogen (secondary N) is 1. The van der Waals surface area contributed by atoms with Crippen LogP contribution in [0.1, 0.15) is 71.9 Å². The van der Waals surface area contributed by atoms with Gasteiger partial charge in [0, 0.05) is 32.7 Å². The van der Waals surface area contributed by atoms with E-state index in [4.69, 9.17) is 9.47 Å². The van der Waals surface area contributed by atoms with E-state index in [1.54, 1.807) is 4.90 Å². The SMILES string of the molecule is CC(C)(C)OC(=O)NC1(c2ccc(-c3cccc(CN4CCN(C(=O)OC(C)(C)C)CC4)c3)cc2)CCC1. The maximum Gasteiger partial charge on any atom is 0.410 e. The van der Waals surface area contributed by atoms with Crippen molar-refractivity contribution < 1.29 is 19.1 Å². The van der Waals surface area contributed by atoms with Crippen LogP contribution in [0.4, 0.5) is 9.59 Å². The van der Waals surface area contributed by atoms with Crippen LogP contribution in [0.15, 0.2) is 48.5 Å². The molecular formula is C31H43N3O4. The average Bonchev–Trinajstić information content (AvgIpc) is 2.80. The molecule has 2 aliphatic rings. The molecule has 1 heterocycles. The van der Waals surface area contributed by atoms with Gasteiger partial charge in [0.05, 0.1) is 5.54 Å². The Balaban J connectivity index is 1.36. The van der Waals surface area contributed by atoms with Gasteiger partial charge in [0.25, 0.3) is 0 Å². The van der Waals surface area contributed by atoms with Crippen molar-refractivity contribution in [3.05, 3.63) is 59.7 Å². The number of rotatable bonds is 5. The molecule has 2 fully saturated rings. The molecule has 2 aromatic rings. The van der Waals surface area contributed by atoms with Crippen molar-refractivity contribution >= 4 is 12.2 Å². The van der Waals surface area contributed by atoms with E-state index in [0.717, 1.165) is 50.0 Å². The van der Waals surface area contributed by atoms with Gasteiger partial charge in [0.1, 0.15) is 11.2 Å². The quantitative estimate of drug-likeness (QED) is 0.499. The van der Waals surface area contributed by atoms with Crippen LogP contribution >= 0.6 is 0 Å². The zero-order valence-electron chi connectivity index (χ0n) is 23.8. The summed E-state index contributed by atoms with van der Waals surface area (Å²) in [5.74, 6) is 0. The van der Waals surface area contributed by atoms with E-state index in [-0.39, 0.29) is 17.7 Å². The lowest BCUT2D eigenvalue weighted by atomic mass is 9.71. The number of benzene rings is 2. The van der Waals surface area contributed by atoms with Crippen LogP contribution < -0.4 is 5.32 Å². The van der Waals surface area contributed by atoms with E-state index < -0.39 is 11.2 Å². The first-order valence-electron chi connectivity index (χ1n) is 13.7. The fraction of sp³-hybridized carbons (Fsp3) is 0.548. The highest BCUT2D eigenvalue weighted by Gasteiger charge is 2.41. The van der Waals surface area contributed by atoms with Gasteiger partial charge in [-0.05, 0) is 89.1 Å². The standard InChI is InChI=1S/C31H43N3O4/c1-29(2,3)37-27(35)32-31(15-8-16-31)26-13-11-24(12-14-26)25-10-7-9-23(21-25)22-33-17-19-34(20-18-33)28(36)38-30(4,5)6/h7,9-14,21H,8,15-20,22H2,1-6H3,(H,32,35). The van der Waals surface area contributed by atoms with E-state index in [1.165, 1.54) is 11.1 Å². The molecule has 1 N–H and O–H groups in total. The molecule has 2 aromatic carbocycles. The summed E-state index contributed by atoms with van der Waals surface area (Å²) in [4.78, 5) is 29.0. The molecular weight excluding hydrogens is 478 g/mol. The normalized spacial score (nSPS) is 17.9. The number of amides is 2. The van der Waals surface area contributed by atoms with Crippen LogP contribution in [0.2, 0.25) is 0 Å². The van der Waals surface area contributed by atoms with Gasteiger partial charge in [-0.15, -0.1) is 0 Å². The number of nitrogens with zero attached hydrogens (tertiary/aromatic N) is 2. The third-order valence-corrected chi connectivity index (χ3v) is 7.08.